The van der Waals surface area contributed by atoms with Crippen molar-refractivity contribution < 1.29 is 9.53 Å². The number of carbonyl (C=O) groups is 1. The highest BCUT2D eigenvalue weighted by molar-refractivity contribution is 5.86. The molecule has 112 valence electrons. The molecule has 0 fully saturated rings. The van der Waals surface area contributed by atoms with Crippen molar-refractivity contribution in [2.45, 2.75) is 64.7 Å². The molecule has 1 aromatic carbocycles. The SMILES string of the molecule is CCCCCC(=O)[C@H](CCCC)c1ccccc1OC. The van der Waals surface area contributed by atoms with Crippen molar-refractivity contribution in [3.8, 4) is 5.75 Å². The summed E-state index contributed by atoms with van der Waals surface area (Å²) in [6.45, 7) is 4.33. The Morgan fingerprint density at radius 1 is 1.10 bits per heavy atom. The van der Waals surface area contributed by atoms with Gasteiger partial charge in [0, 0.05) is 17.9 Å². The first kappa shape index (κ1) is 16.7. The van der Waals surface area contributed by atoms with Crippen molar-refractivity contribution in [1.29, 1.82) is 0 Å². The summed E-state index contributed by atoms with van der Waals surface area (Å²) in [5.41, 5.74) is 1.06. The van der Waals surface area contributed by atoms with Gasteiger partial charge in [0.25, 0.3) is 0 Å². The number of para-hydroxylation sites is 1. The Labute approximate surface area is 123 Å². The lowest BCUT2D eigenvalue weighted by Gasteiger charge is -2.18. The maximum atomic E-state index is 12.5. The summed E-state index contributed by atoms with van der Waals surface area (Å²) in [5.74, 6) is 1.22. The second-order valence-corrected chi connectivity index (χ2v) is 5.36. The number of ether oxygens (including phenoxy) is 1. The average molecular weight is 276 g/mol. The molecule has 0 bridgehead atoms. The highest BCUT2D eigenvalue weighted by Crippen LogP contribution is 2.32. The van der Waals surface area contributed by atoms with Crippen LogP contribution in [-0.4, -0.2) is 12.9 Å². The molecular weight excluding hydrogens is 248 g/mol. The van der Waals surface area contributed by atoms with E-state index < -0.39 is 0 Å². The van der Waals surface area contributed by atoms with E-state index in [1.54, 1.807) is 7.11 Å². The van der Waals surface area contributed by atoms with Crippen molar-refractivity contribution in [3.63, 3.8) is 0 Å². The van der Waals surface area contributed by atoms with Crippen LogP contribution in [-0.2, 0) is 4.79 Å². The van der Waals surface area contributed by atoms with E-state index in [0.717, 1.165) is 49.8 Å². The second kappa shape index (κ2) is 9.57. The van der Waals surface area contributed by atoms with Crippen molar-refractivity contribution in [2.75, 3.05) is 7.11 Å². The summed E-state index contributed by atoms with van der Waals surface area (Å²) >= 11 is 0. The summed E-state index contributed by atoms with van der Waals surface area (Å²) in [6, 6.07) is 7.95. The lowest BCUT2D eigenvalue weighted by Crippen LogP contribution is -2.13. The van der Waals surface area contributed by atoms with E-state index >= 15 is 0 Å². The van der Waals surface area contributed by atoms with E-state index in [1.807, 2.05) is 24.3 Å². The van der Waals surface area contributed by atoms with E-state index in [4.69, 9.17) is 4.74 Å². The number of carbonyl (C=O) groups excluding carboxylic acids is 1. The number of Topliss-reactive ketones (excluding diaryl/α,β-unsaturated/α-hetero) is 1. The molecule has 0 saturated carbocycles. The molecule has 1 atom stereocenters. The van der Waals surface area contributed by atoms with Crippen LogP contribution in [0.25, 0.3) is 0 Å². The standard InChI is InChI=1S/C18H28O2/c1-4-6-8-13-17(19)15(11-7-5-2)16-12-9-10-14-18(16)20-3/h9-10,12,14-15H,4-8,11,13H2,1-3H3/t15-/m1/s1. The van der Waals surface area contributed by atoms with Crippen LogP contribution >= 0.6 is 0 Å². The van der Waals surface area contributed by atoms with E-state index in [9.17, 15) is 4.79 Å². The lowest BCUT2D eigenvalue weighted by atomic mass is 9.87. The third kappa shape index (κ3) is 4.99. The van der Waals surface area contributed by atoms with Gasteiger partial charge in [0.1, 0.15) is 11.5 Å². The number of methoxy groups -OCH3 is 1. The quantitative estimate of drug-likeness (QED) is 0.554. The summed E-state index contributed by atoms with van der Waals surface area (Å²) in [5, 5.41) is 0. The van der Waals surface area contributed by atoms with Crippen LogP contribution in [0, 0.1) is 0 Å². The Bertz CT molecular complexity index is 398. The Balaban J connectivity index is 2.84. The molecule has 0 radical (unpaired) electrons. The topological polar surface area (TPSA) is 26.3 Å². The molecule has 2 nitrogen and oxygen atoms in total. The second-order valence-electron chi connectivity index (χ2n) is 5.36. The van der Waals surface area contributed by atoms with Crippen molar-refractivity contribution in [3.05, 3.63) is 29.8 Å². The molecule has 20 heavy (non-hydrogen) atoms. The van der Waals surface area contributed by atoms with Crippen LogP contribution in [0.3, 0.4) is 0 Å². The fraction of sp³-hybridized carbons (Fsp3) is 0.611. The van der Waals surface area contributed by atoms with E-state index in [2.05, 4.69) is 13.8 Å². The summed E-state index contributed by atoms with van der Waals surface area (Å²) < 4.78 is 5.43. The van der Waals surface area contributed by atoms with E-state index in [1.165, 1.54) is 0 Å². The Morgan fingerprint density at radius 2 is 1.80 bits per heavy atom. The molecular formula is C18H28O2. The first-order valence-electron chi connectivity index (χ1n) is 7.90. The Kier molecular flexibility index (Phi) is 8.01. The monoisotopic (exact) mass is 276 g/mol. The molecule has 0 aliphatic heterocycles. The minimum absolute atomic E-state index is 0.00274. The lowest BCUT2D eigenvalue weighted by molar-refractivity contribution is -0.120. The first-order chi connectivity index (χ1) is 9.74. The molecule has 2 heteroatoms. The van der Waals surface area contributed by atoms with Gasteiger partial charge < -0.3 is 4.74 Å². The highest BCUT2D eigenvalue weighted by Gasteiger charge is 2.22. The molecule has 1 rings (SSSR count). The smallest absolute Gasteiger partial charge is 0.140 e. The maximum Gasteiger partial charge on any atom is 0.140 e. The van der Waals surface area contributed by atoms with Gasteiger partial charge in [0.05, 0.1) is 7.11 Å². The Hall–Kier alpha value is -1.31. The molecule has 0 amide bonds. The van der Waals surface area contributed by atoms with Crippen LogP contribution in [0.5, 0.6) is 5.75 Å². The third-order valence-corrected chi connectivity index (χ3v) is 3.78. The van der Waals surface area contributed by atoms with Gasteiger partial charge in [-0.3, -0.25) is 4.79 Å². The van der Waals surface area contributed by atoms with Gasteiger partial charge >= 0.3 is 0 Å². The third-order valence-electron chi connectivity index (χ3n) is 3.78. The zero-order valence-electron chi connectivity index (χ0n) is 13.2. The zero-order chi connectivity index (χ0) is 14.8. The van der Waals surface area contributed by atoms with Gasteiger partial charge in [-0.25, -0.2) is 0 Å². The van der Waals surface area contributed by atoms with Crippen LogP contribution in [0.1, 0.15) is 70.3 Å². The molecule has 0 spiro atoms. The van der Waals surface area contributed by atoms with Crippen LogP contribution in [0.2, 0.25) is 0 Å². The first-order valence-corrected chi connectivity index (χ1v) is 7.90. The molecule has 0 N–H and O–H groups in total. The minimum Gasteiger partial charge on any atom is -0.496 e. The van der Waals surface area contributed by atoms with Gasteiger partial charge in [-0.05, 0) is 18.9 Å². The summed E-state index contributed by atoms with van der Waals surface area (Å²) in [4.78, 5) is 12.5. The van der Waals surface area contributed by atoms with Crippen LogP contribution < -0.4 is 4.74 Å². The highest BCUT2D eigenvalue weighted by atomic mass is 16.5. The van der Waals surface area contributed by atoms with Gasteiger partial charge in [0.2, 0.25) is 0 Å². The van der Waals surface area contributed by atoms with Gasteiger partial charge in [-0.15, -0.1) is 0 Å². The molecule has 0 aliphatic carbocycles. The molecule has 0 aromatic heterocycles. The zero-order valence-corrected chi connectivity index (χ0v) is 13.2. The fourth-order valence-corrected chi connectivity index (χ4v) is 2.58. The molecule has 1 aromatic rings. The number of hydrogen-bond donors (Lipinski definition) is 0. The summed E-state index contributed by atoms with van der Waals surface area (Å²) in [6.07, 6.45) is 7.13. The number of benzene rings is 1. The van der Waals surface area contributed by atoms with E-state index in [-0.39, 0.29) is 5.92 Å². The number of ketones is 1. The van der Waals surface area contributed by atoms with Gasteiger partial charge in [-0.2, -0.15) is 0 Å². The largest absolute Gasteiger partial charge is 0.496 e. The van der Waals surface area contributed by atoms with Gasteiger partial charge in [-0.1, -0.05) is 57.7 Å². The van der Waals surface area contributed by atoms with Gasteiger partial charge in [0.15, 0.2) is 0 Å². The number of unbranched alkanes of at least 4 members (excludes halogenated alkanes) is 3. The number of hydrogen-bond acceptors (Lipinski definition) is 2. The summed E-state index contributed by atoms with van der Waals surface area (Å²) in [7, 11) is 1.68. The molecule has 0 aliphatic rings. The van der Waals surface area contributed by atoms with Crippen molar-refractivity contribution >= 4 is 5.78 Å². The van der Waals surface area contributed by atoms with Crippen molar-refractivity contribution in [2.24, 2.45) is 0 Å². The van der Waals surface area contributed by atoms with E-state index in [0.29, 0.717) is 12.2 Å². The number of rotatable bonds is 10. The predicted molar refractivity (Wildman–Crippen MR) is 84.4 cm³/mol. The predicted octanol–water partition coefficient (Wildman–Crippen LogP) is 5.12. The molecule has 0 unspecified atom stereocenters. The molecule has 0 saturated heterocycles. The maximum absolute atomic E-state index is 12.5. The van der Waals surface area contributed by atoms with Crippen LogP contribution in [0.15, 0.2) is 24.3 Å². The van der Waals surface area contributed by atoms with Crippen molar-refractivity contribution in [1.82, 2.24) is 0 Å². The minimum atomic E-state index is 0.00274. The van der Waals surface area contributed by atoms with Crippen LogP contribution in [0.4, 0.5) is 0 Å². The molecule has 0 heterocycles. The average Bonchev–Trinajstić information content (AvgIpc) is 2.48. The Morgan fingerprint density at radius 3 is 2.45 bits per heavy atom. The fourth-order valence-electron chi connectivity index (χ4n) is 2.58. The normalized spacial score (nSPS) is 12.2.